The largest absolute Gasteiger partial charge is 0.506 e. The number of pyridine rings is 2. The first-order valence-electron chi connectivity index (χ1n) is 14.4. The van der Waals surface area contributed by atoms with Crippen LogP contribution in [-0.2, 0) is 0 Å². The number of carbonyl (C=O) groups excluding carboxylic acids is 1. The van der Waals surface area contributed by atoms with E-state index in [9.17, 15) is 28.3 Å². The van der Waals surface area contributed by atoms with Crippen molar-refractivity contribution < 1.29 is 18.7 Å². The Balaban J connectivity index is 1.21. The van der Waals surface area contributed by atoms with Crippen molar-refractivity contribution in [3.8, 4) is 22.6 Å². The summed E-state index contributed by atoms with van der Waals surface area (Å²) in [7, 11) is 0. The Hall–Kier alpha value is -5.65. The Morgan fingerprint density at radius 3 is 2.44 bits per heavy atom. The number of fused-ring (bicyclic) bond motifs is 2. The number of imidazole rings is 1. The molecule has 1 saturated carbocycles. The number of nitrogens with zero attached hydrogens (tertiary/aromatic N) is 5. The summed E-state index contributed by atoms with van der Waals surface area (Å²) in [5.74, 6) is -1.82. The van der Waals surface area contributed by atoms with Crippen LogP contribution in [0.3, 0.4) is 0 Å². The fourth-order valence-electron chi connectivity index (χ4n) is 6.05. The van der Waals surface area contributed by atoms with Gasteiger partial charge in [-0.05, 0) is 67.1 Å². The van der Waals surface area contributed by atoms with Gasteiger partial charge in [-0.3, -0.25) is 14.2 Å². The third-order valence-corrected chi connectivity index (χ3v) is 8.26. The van der Waals surface area contributed by atoms with Crippen LogP contribution in [0.5, 0.6) is 5.75 Å². The van der Waals surface area contributed by atoms with Crippen molar-refractivity contribution in [2.24, 2.45) is 0 Å². The van der Waals surface area contributed by atoms with Crippen LogP contribution in [0.25, 0.3) is 33.5 Å². The van der Waals surface area contributed by atoms with Gasteiger partial charge in [0.2, 0.25) is 0 Å². The monoisotopic (exact) mass is 608 g/mol. The van der Waals surface area contributed by atoms with E-state index < -0.39 is 34.8 Å². The van der Waals surface area contributed by atoms with Gasteiger partial charge in [-0.1, -0.05) is 36.4 Å². The Morgan fingerprint density at radius 2 is 1.67 bits per heavy atom. The number of benzene rings is 2. The molecule has 4 heterocycles. The molecule has 4 aromatic heterocycles. The minimum absolute atomic E-state index is 0.0727. The molecular formula is C33H26F2N6O4. The molecule has 1 aliphatic carbocycles. The van der Waals surface area contributed by atoms with E-state index >= 15 is 0 Å². The summed E-state index contributed by atoms with van der Waals surface area (Å²) in [6.07, 6.45) is 5.27. The SMILES string of the molecule is O=C(N[C@H]1CC[C@@H](n2c(=O)c3cc(F)cnc3n(-c3cc(-c4ccccc4)ccc3O)c2=O)CC1)c1cn2cc(F)ccc2n1. The van der Waals surface area contributed by atoms with Gasteiger partial charge < -0.3 is 14.8 Å². The van der Waals surface area contributed by atoms with Crippen LogP contribution in [0.2, 0.25) is 0 Å². The Kier molecular flexibility index (Phi) is 6.96. The van der Waals surface area contributed by atoms with Crippen LogP contribution >= 0.6 is 0 Å². The lowest BCUT2D eigenvalue weighted by Crippen LogP contribution is -2.45. The quantitative estimate of drug-likeness (QED) is 0.291. The van der Waals surface area contributed by atoms with E-state index in [2.05, 4.69) is 15.3 Å². The van der Waals surface area contributed by atoms with Crippen LogP contribution in [-0.4, -0.2) is 40.6 Å². The van der Waals surface area contributed by atoms with Gasteiger partial charge in [0.25, 0.3) is 11.5 Å². The van der Waals surface area contributed by atoms with Crippen LogP contribution < -0.4 is 16.6 Å². The number of phenolic OH excluding ortho intramolecular Hbond substituents is 1. The molecule has 1 fully saturated rings. The number of rotatable bonds is 5. The first-order valence-corrected chi connectivity index (χ1v) is 14.4. The maximum atomic E-state index is 14.4. The lowest BCUT2D eigenvalue weighted by atomic mass is 9.90. The van der Waals surface area contributed by atoms with Crippen molar-refractivity contribution in [3.05, 3.63) is 123 Å². The summed E-state index contributed by atoms with van der Waals surface area (Å²) in [6, 6.07) is 17.2. The molecule has 0 atom stereocenters. The number of nitrogens with one attached hydrogen (secondary N) is 1. The Labute approximate surface area is 253 Å². The molecule has 1 amide bonds. The summed E-state index contributed by atoms with van der Waals surface area (Å²) >= 11 is 0. The number of aromatic nitrogens is 5. The molecule has 0 radical (unpaired) electrons. The smallest absolute Gasteiger partial charge is 0.337 e. The van der Waals surface area contributed by atoms with E-state index in [0.717, 1.165) is 32.5 Å². The number of hydrogen-bond acceptors (Lipinski definition) is 6. The third-order valence-electron chi connectivity index (χ3n) is 8.26. The van der Waals surface area contributed by atoms with Gasteiger partial charge in [-0.15, -0.1) is 0 Å². The maximum absolute atomic E-state index is 14.4. The van der Waals surface area contributed by atoms with Gasteiger partial charge in [0.05, 0.1) is 17.3 Å². The zero-order valence-corrected chi connectivity index (χ0v) is 23.7. The molecule has 0 unspecified atom stereocenters. The minimum Gasteiger partial charge on any atom is -0.506 e. The highest BCUT2D eigenvalue weighted by Crippen LogP contribution is 2.31. The normalized spacial score (nSPS) is 16.7. The highest BCUT2D eigenvalue weighted by molar-refractivity contribution is 5.93. The molecule has 7 rings (SSSR count). The molecule has 12 heteroatoms. The molecule has 2 N–H and O–H groups in total. The van der Waals surface area contributed by atoms with Crippen molar-refractivity contribution in [2.45, 2.75) is 37.8 Å². The van der Waals surface area contributed by atoms with E-state index in [4.69, 9.17) is 0 Å². The Bertz CT molecular complexity index is 2220. The molecule has 0 saturated heterocycles. The topological polar surface area (TPSA) is 124 Å². The summed E-state index contributed by atoms with van der Waals surface area (Å²) in [5.41, 5.74) is 0.781. The van der Waals surface area contributed by atoms with Crippen molar-refractivity contribution in [1.29, 1.82) is 0 Å². The number of amides is 1. The zero-order chi connectivity index (χ0) is 31.2. The average Bonchev–Trinajstić information content (AvgIpc) is 3.47. The van der Waals surface area contributed by atoms with Gasteiger partial charge in [-0.25, -0.2) is 28.1 Å². The fraction of sp³-hybridized carbons (Fsp3) is 0.182. The molecule has 2 aromatic carbocycles. The van der Waals surface area contributed by atoms with Crippen molar-refractivity contribution in [3.63, 3.8) is 0 Å². The Morgan fingerprint density at radius 1 is 0.889 bits per heavy atom. The van der Waals surface area contributed by atoms with Crippen LogP contribution in [0, 0.1) is 11.6 Å². The summed E-state index contributed by atoms with van der Waals surface area (Å²) in [5, 5.41) is 13.7. The van der Waals surface area contributed by atoms with Crippen LogP contribution in [0.15, 0.2) is 94.9 Å². The highest BCUT2D eigenvalue weighted by atomic mass is 19.1. The molecular weight excluding hydrogens is 582 g/mol. The van der Waals surface area contributed by atoms with E-state index in [1.807, 2.05) is 30.3 Å². The predicted molar refractivity (Wildman–Crippen MR) is 163 cm³/mol. The van der Waals surface area contributed by atoms with Crippen LogP contribution in [0.1, 0.15) is 42.2 Å². The molecule has 45 heavy (non-hydrogen) atoms. The van der Waals surface area contributed by atoms with E-state index in [1.165, 1.54) is 35.0 Å². The number of hydrogen-bond donors (Lipinski definition) is 2. The lowest BCUT2D eigenvalue weighted by Gasteiger charge is -2.30. The molecule has 10 nitrogen and oxygen atoms in total. The molecule has 6 aromatic rings. The molecule has 1 aliphatic rings. The second kappa shape index (κ2) is 11.1. The van der Waals surface area contributed by atoms with Crippen molar-refractivity contribution in [1.82, 2.24) is 28.8 Å². The van der Waals surface area contributed by atoms with Gasteiger partial charge in [-0.2, -0.15) is 0 Å². The van der Waals surface area contributed by atoms with Gasteiger partial charge in [0.1, 0.15) is 28.7 Å². The van der Waals surface area contributed by atoms with Gasteiger partial charge in [0.15, 0.2) is 5.65 Å². The van der Waals surface area contributed by atoms with E-state index in [1.54, 1.807) is 12.1 Å². The number of phenols is 1. The highest BCUT2D eigenvalue weighted by Gasteiger charge is 2.29. The molecule has 226 valence electrons. The standard InChI is InChI=1S/C33H26F2N6O4/c34-21-7-13-29-38-26(18-39(29)17-21)31(43)37-23-8-10-24(11-9-23)40-32(44)25-15-22(35)16-36-30(25)41(33(40)45)27-14-20(6-12-28(27)42)19-4-2-1-3-5-19/h1-7,12-18,23-24,42H,8-11H2,(H,37,43)/t23-,24+. The van der Waals surface area contributed by atoms with Crippen LogP contribution in [0.4, 0.5) is 8.78 Å². The summed E-state index contributed by atoms with van der Waals surface area (Å²) in [6.45, 7) is 0. The first kappa shape index (κ1) is 28.1. The lowest BCUT2D eigenvalue weighted by molar-refractivity contribution is 0.0917. The third kappa shape index (κ3) is 5.13. The molecule has 0 bridgehead atoms. The second-order valence-corrected chi connectivity index (χ2v) is 11.1. The zero-order valence-electron chi connectivity index (χ0n) is 23.7. The summed E-state index contributed by atoms with van der Waals surface area (Å²) in [4.78, 5) is 49.1. The van der Waals surface area contributed by atoms with E-state index in [-0.39, 0.29) is 34.2 Å². The first-order chi connectivity index (χ1) is 21.8. The predicted octanol–water partition coefficient (Wildman–Crippen LogP) is 4.76. The van der Waals surface area contributed by atoms with Crippen molar-refractivity contribution >= 4 is 22.6 Å². The van der Waals surface area contributed by atoms with Gasteiger partial charge in [0, 0.05) is 24.5 Å². The average molecular weight is 609 g/mol. The van der Waals surface area contributed by atoms with Gasteiger partial charge >= 0.3 is 5.69 Å². The summed E-state index contributed by atoms with van der Waals surface area (Å²) < 4.78 is 31.6. The number of carbonyl (C=O) groups is 1. The van der Waals surface area contributed by atoms with E-state index in [0.29, 0.717) is 31.3 Å². The number of aromatic hydroxyl groups is 1. The molecule has 0 spiro atoms. The maximum Gasteiger partial charge on any atom is 0.337 e. The number of halogens is 2. The second-order valence-electron chi connectivity index (χ2n) is 11.1. The molecule has 0 aliphatic heterocycles. The van der Waals surface area contributed by atoms with Crippen molar-refractivity contribution in [2.75, 3.05) is 0 Å². The fourth-order valence-corrected chi connectivity index (χ4v) is 6.05. The minimum atomic E-state index is -0.736.